The maximum absolute atomic E-state index is 12.6. The van der Waals surface area contributed by atoms with Crippen LogP contribution in [0.1, 0.15) is 27.3 Å². The zero-order chi connectivity index (χ0) is 19.9. The molecule has 9 heteroatoms. The van der Waals surface area contributed by atoms with Gasteiger partial charge in [-0.15, -0.1) is 0 Å². The van der Waals surface area contributed by atoms with Gasteiger partial charge in [0, 0.05) is 45.1 Å². The number of rotatable bonds is 7. The van der Waals surface area contributed by atoms with Gasteiger partial charge in [-0.3, -0.25) is 9.59 Å². The molecule has 150 valence electrons. The molecular formula is C19H26N6O3. The minimum absolute atomic E-state index is 0.121. The molecule has 1 saturated heterocycles. The van der Waals surface area contributed by atoms with Crippen LogP contribution in [0.3, 0.4) is 0 Å². The first-order valence-corrected chi connectivity index (χ1v) is 9.37. The largest absolute Gasteiger partial charge is 0.459 e. The Kier molecular flexibility index (Phi) is 6.59. The van der Waals surface area contributed by atoms with Crippen LogP contribution in [0, 0.1) is 0 Å². The van der Waals surface area contributed by atoms with Crippen LogP contribution in [0.4, 0.5) is 5.95 Å². The molecule has 1 N–H and O–H groups in total. The first kappa shape index (κ1) is 19.8. The van der Waals surface area contributed by atoms with Crippen molar-refractivity contribution in [3.63, 3.8) is 0 Å². The highest BCUT2D eigenvalue weighted by molar-refractivity contribution is 5.94. The fourth-order valence-corrected chi connectivity index (χ4v) is 2.98. The Hall–Kier alpha value is -2.94. The van der Waals surface area contributed by atoms with Gasteiger partial charge in [0.2, 0.25) is 5.95 Å². The van der Waals surface area contributed by atoms with Crippen LogP contribution in [0.5, 0.6) is 0 Å². The maximum Gasteiger partial charge on any atom is 0.289 e. The number of aromatic nitrogens is 2. The number of nitrogens with one attached hydrogen (secondary N) is 1. The molecule has 0 radical (unpaired) electrons. The molecule has 9 nitrogen and oxygen atoms in total. The second kappa shape index (κ2) is 9.32. The van der Waals surface area contributed by atoms with Crippen molar-refractivity contribution in [3.8, 4) is 0 Å². The minimum Gasteiger partial charge on any atom is -0.459 e. The molecule has 0 unspecified atom stereocenters. The normalized spacial score (nSPS) is 14.4. The Balaban J connectivity index is 1.47. The molecule has 0 saturated carbocycles. The lowest BCUT2D eigenvalue weighted by atomic mass is 10.2. The van der Waals surface area contributed by atoms with Gasteiger partial charge in [-0.2, -0.15) is 0 Å². The fraction of sp³-hybridized carbons (Fsp3) is 0.474. The molecule has 0 aromatic carbocycles. The molecule has 1 fully saturated rings. The number of hydrogen-bond acceptors (Lipinski definition) is 7. The van der Waals surface area contributed by atoms with Crippen LogP contribution in [0.2, 0.25) is 0 Å². The molecule has 28 heavy (non-hydrogen) atoms. The zero-order valence-corrected chi connectivity index (χ0v) is 16.3. The third-order valence-corrected chi connectivity index (χ3v) is 4.55. The fourth-order valence-electron chi connectivity index (χ4n) is 2.98. The summed E-state index contributed by atoms with van der Waals surface area (Å²) in [5, 5.41) is 3.15. The number of carbonyl (C=O) groups excluding carboxylic acids is 2. The lowest BCUT2D eigenvalue weighted by Gasteiger charge is -2.34. The van der Waals surface area contributed by atoms with E-state index >= 15 is 0 Å². The molecular weight excluding hydrogens is 360 g/mol. The van der Waals surface area contributed by atoms with Crippen LogP contribution in [-0.4, -0.2) is 89.8 Å². The second-order valence-corrected chi connectivity index (χ2v) is 6.94. The molecule has 1 aliphatic heterocycles. The summed E-state index contributed by atoms with van der Waals surface area (Å²) in [6, 6.07) is 3.33. The Morgan fingerprint density at radius 3 is 2.32 bits per heavy atom. The van der Waals surface area contributed by atoms with E-state index in [1.807, 2.05) is 14.1 Å². The van der Waals surface area contributed by atoms with Crippen molar-refractivity contribution in [2.45, 2.75) is 6.42 Å². The monoisotopic (exact) mass is 386 g/mol. The van der Waals surface area contributed by atoms with E-state index < -0.39 is 0 Å². The highest BCUT2D eigenvalue weighted by Crippen LogP contribution is 2.12. The van der Waals surface area contributed by atoms with E-state index in [-0.39, 0.29) is 11.8 Å². The highest BCUT2D eigenvalue weighted by Gasteiger charge is 2.26. The molecule has 3 heterocycles. The van der Waals surface area contributed by atoms with E-state index in [1.165, 1.54) is 6.26 Å². The topological polar surface area (TPSA) is 94.8 Å². The van der Waals surface area contributed by atoms with E-state index in [1.54, 1.807) is 34.3 Å². The quantitative estimate of drug-likeness (QED) is 0.710. The van der Waals surface area contributed by atoms with E-state index in [2.05, 4.69) is 20.2 Å². The van der Waals surface area contributed by atoms with Crippen LogP contribution < -0.4 is 5.32 Å². The van der Waals surface area contributed by atoms with Crippen molar-refractivity contribution in [3.05, 3.63) is 42.1 Å². The molecule has 0 bridgehead atoms. The van der Waals surface area contributed by atoms with E-state index in [0.29, 0.717) is 43.5 Å². The van der Waals surface area contributed by atoms with Crippen LogP contribution in [0.25, 0.3) is 0 Å². The number of anilines is 1. The van der Waals surface area contributed by atoms with Gasteiger partial charge in [-0.05, 0) is 39.2 Å². The number of carbonyl (C=O) groups is 2. The number of furan rings is 1. The number of amides is 2. The summed E-state index contributed by atoms with van der Waals surface area (Å²) in [6.45, 7) is 3.63. The van der Waals surface area contributed by atoms with Crippen molar-refractivity contribution in [1.82, 2.24) is 24.7 Å². The lowest BCUT2D eigenvalue weighted by molar-refractivity contribution is 0.0517. The summed E-state index contributed by atoms with van der Waals surface area (Å²) in [5.41, 5.74) is 0.449. The second-order valence-electron chi connectivity index (χ2n) is 6.94. The summed E-state index contributed by atoms with van der Waals surface area (Å²) >= 11 is 0. The van der Waals surface area contributed by atoms with E-state index in [4.69, 9.17) is 4.42 Å². The van der Waals surface area contributed by atoms with E-state index in [0.717, 1.165) is 19.5 Å². The van der Waals surface area contributed by atoms with Crippen LogP contribution in [-0.2, 0) is 0 Å². The third-order valence-electron chi connectivity index (χ3n) is 4.55. The van der Waals surface area contributed by atoms with Gasteiger partial charge >= 0.3 is 0 Å². The van der Waals surface area contributed by atoms with Crippen molar-refractivity contribution in [2.24, 2.45) is 0 Å². The lowest BCUT2D eigenvalue weighted by Crippen LogP contribution is -2.50. The van der Waals surface area contributed by atoms with Crippen LogP contribution >= 0.6 is 0 Å². The van der Waals surface area contributed by atoms with Gasteiger partial charge in [0.25, 0.3) is 11.8 Å². The molecule has 1 aliphatic rings. The Morgan fingerprint density at radius 1 is 1.11 bits per heavy atom. The number of nitrogens with zero attached hydrogens (tertiary/aromatic N) is 5. The molecule has 3 rings (SSSR count). The van der Waals surface area contributed by atoms with Gasteiger partial charge in [0.15, 0.2) is 5.76 Å². The minimum atomic E-state index is -0.148. The Labute approximate surface area is 164 Å². The summed E-state index contributed by atoms with van der Waals surface area (Å²) in [6.07, 6.45) is 5.56. The Bertz CT molecular complexity index is 767. The van der Waals surface area contributed by atoms with Crippen LogP contribution in [0.15, 0.2) is 35.2 Å². The number of hydrogen-bond donors (Lipinski definition) is 1. The van der Waals surface area contributed by atoms with Gasteiger partial charge in [0.1, 0.15) is 0 Å². The molecule has 0 aliphatic carbocycles. The molecule has 2 aromatic heterocycles. The zero-order valence-electron chi connectivity index (χ0n) is 16.3. The summed E-state index contributed by atoms with van der Waals surface area (Å²) < 4.78 is 5.15. The van der Waals surface area contributed by atoms with Crippen molar-refractivity contribution < 1.29 is 14.0 Å². The first-order chi connectivity index (χ1) is 13.5. The van der Waals surface area contributed by atoms with Gasteiger partial charge in [-0.1, -0.05) is 0 Å². The summed E-state index contributed by atoms with van der Waals surface area (Å²) in [7, 11) is 4.06. The predicted octanol–water partition coefficient (Wildman–Crippen LogP) is 1.03. The molecule has 2 amide bonds. The van der Waals surface area contributed by atoms with Gasteiger partial charge < -0.3 is 24.4 Å². The molecule has 0 atom stereocenters. The molecule has 2 aromatic rings. The smallest absolute Gasteiger partial charge is 0.289 e. The highest BCUT2D eigenvalue weighted by atomic mass is 16.3. The summed E-state index contributed by atoms with van der Waals surface area (Å²) in [4.78, 5) is 38.9. The average Bonchev–Trinajstić information content (AvgIpc) is 3.25. The van der Waals surface area contributed by atoms with E-state index in [9.17, 15) is 9.59 Å². The van der Waals surface area contributed by atoms with Crippen molar-refractivity contribution in [1.29, 1.82) is 0 Å². The standard InChI is InChI=1S/C19H26N6O3/c1-23(2)7-4-6-20-19-21-13-15(14-22-19)17(26)24-8-10-25(11-9-24)18(27)16-5-3-12-28-16/h3,5,12-14H,4,6-11H2,1-2H3,(H,20,21,22). The maximum atomic E-state index is 12.6. The third kappa shape index (κ3) is 5.07. The Morgan fingerprint density at radius 2 is 1.75 bits per heavy atom. The van der Waals surface area contributed by atoms with Gasteiger partial charge in [0.05, 0.1) is 11.8 Å². The first-order valence-electron chi connectivity index (χ1n) is 9.37. The predicted molar refractivity (Wildman–Crippen MR) is 104 cm³/mol. The van der Waals surface area contributed by atoms with Crippen molar-refractivity contribution >= 4 is 17.8 Å². The summed E-state index contributed by atoms with van der Waals surface area (Å²) in [5.74, 6) is 0.570. The van der Waals surface area contributed by atoms with Gasteiger partial charge in [-0.25, -0.2) is 9.97 Å². The number of piperazine rings is 1. The molecule has 0 spiro atoms. The SMILES string of the molecule is CN(C)CCCNc1ncc(C(=O)N2CCN(C(=O)c3ccco3)CC2)cn1. The van der Waals surface area contributed by atoms with Crippen molar-refractivity contribution in [2.75, 3.05) is 58.7 Å². The average molecular weight is 386 g/mol.